The lowest BCUT2D eigenvalue weighted by atomic mass is 10.1. The summed E-state index contributed by atoms with van der Waals surface area (Å²) in [5.41, 5.74) is 1.34. The number of nitrogens with zero attached hydrogens (tertiary/aromatic N) is 3. The van der Waals surface area contributed by atoms with E-state index < -0.39 is 0 Å². The smallest absolute Gasteiger partial charge is 0.225 e. The number of nitrogens with one attached hydrogen (secondary N) is 2. The number of rotatable bonds is 9. The zero-order valence-corrected chi connectivity index (χ0v) is 18.8. The lowest BCUT2D eigenvalue weighted by molar-refractivity contribution is -0.133. The van der Waals surface area contributed by atoms with Gasteiger partial charge in [-0.15, -0.1) is 0 Å². The van der Waals surface area contributed by atoms with Crippen molar-refractivity contribution >= 4 is 11.9 Å². The van der Waals surface area contributed by atoms with Gasteiger partial charge in [-0.3, -0.25) is 14.7 Å². The van der Waals surface area contributed by atoms with Crippen LogP contribution in [0.3, 0.4) is 0 Å². The van der Waals surface area contributed by atoms with Gasteiger partial charge in [0.1, 0.15) is 0 Å². The maximum absolute atomic E-state index is 12.2. The molecular formula is C23H39N5O. The van der Waals surface area contributed by atoms with Gasteiger partial charge in [0.05, 0.1) is 0 Å². The van der Waals surface area contributed by atoms with Gasteiger partial charge in [0.15, 0.2) is 5.96 Å². The first-order valence-electron chi connectivity index (χ1n) is 11.0. The van der Waals surface area contributed by atoms with Crippen LogP contribution < -0.4 is 10.6 Å². The first-order chi connectivity index (χ1) is 13.9. The van der Waals surface area contributed by atoms with Crippen LogP contribution >= 0.6 is 0 Å². The van der Waals surface area contributed by atoms with Crippen molar-refractivity contribution in [3.8, 4) is 0 Å². The number of guanidine groups is 1. The molecule has 162 valence electrons. The monoisotopic (exact) mass is 401 g/mol. The van der Waals surface area contributed by atoms with Crippen LogP contribution in [-0.2, 0) is 11.3 Å². The summed E-state index contributed by atoms with van der Waals surface area (Å²) in [6.45, 7) is 12.4. The molecule has 0 saturated carbocycles. The molecule has 1 aliphatic heterocycles. The summed E-state index contributed by atoms with van der Waals surface area (Å²) >= 11 is 0. The van der Waals surface area contributed by atoms with Crippen molar-refractivity contribution in [1.82, 2.24) is 20.4 Å². The number of hydrogen-bond donors (Lipinski definition) is 2. The minimum absolute atomic E-state index is 0.0602. The van der Waals surface area contributed by atoms with Gasteiger partial charge in [-0.1, -0.05) is 44.2 Å². The quantitative estimate of drug-likeness (QED) is 0.493. The molecule has 0 bridgehead atoms. The fourth-order valence-corrected chi connectivity index (χ4v) is 3.57. The number of benzene rings is 1. The predicted molar refractivity (Wildman–Crippen MR) is 121 cm³/mol. The Labute approximate surface area is 176 Å². The van der Waals surface area contributed by atoms with E-state index in [2.05, 4.69) is 66.8 Å². The predicted octanol–water partition coefficient (Wildman–Crippen LogP) is 2.71. The Morgan fingerprint density at radius 3 is 2.66 bits per heavy atom. The largest absolute Gasteiger partial charge is 0.357 e. The summed E-state index contributed by atoms with van der Waals surface area (Å²) in [4.78, 5) is 21.3. The molecule has 1 aliphatic rings. The van der Waals surface area contributed by atoms with E-state index in [1.807, 2.05) is 18.7 Å². The van der Waals surface area contributed by atoms with Crippen LogP contribution in [0.5, 0.6) is 0 Å². The zero-order chi connectivity index (χ0) is 21.2. The molecular weight excluding hydrogens is 362 g/mol. The minimum atomic E-state index is 0.0602. The van der Waals surface area contributed by atoms with E-state index in [-0.39, 0.29) is 17.9 Å². The highest BCUT2D eigenvalue weighted by molar-refractivity contribution is 5.81. The standard InChI is InChI=1S/C23H39N5O/c1-6-24-23(26-21-13-15-28(17-21)22(29)18(2)3)25-14-12-19(4)27(5)16-20-10-8-7-9-11-20/h7-11,18-19,21H,6,12-17H2,1-5H3,(H2,24,25,26). The second-order valence-electron chi connectivity index (χ2n) is 8.37. The Bertz CT molecular complexity index is 646. The summed E-state index contributed by atoms with van der Waals surface area (Å²) < 4.78 is 0. The van der Waals surface area contributed by atoms with Crippen molar-refractivity contribution in [1.29, 1.82) is 0 Å². The average Bonchev–Trinajstić information content (AvgIpc) is 3.16. The van der Waals surface area contributed by atoms with Gasteiger partial charge < -0.3 is 15.5 Å². The first-order valence-corrected chi connectivity index (χ1v) is 11.0. The Hall–Kier alpha value is -2.08. The molecule has 0 spiro atoms. The molecule has 1 saturated heterocycles. The molecule has 1 heterocycles. The first kappa shape index (κ1) is 23.2. The molecule has 2 N–H and O–H groups in total. The van der Waals surface area contributed by atoms with Crippen LogP contribution in [0.15, 0.2) is 35.3 Å². The molecule has 0 radical (unpaired) electrons. The maximum atomic E-state index is 12.2. The average molecular weight is 402 g/mol. The van der Waals surface area contributed by atoms with E-state index in [1.165, 1.54) is 5.56 Å². The third-order valence-electron chi connectivity index (χ3n) is 5.52. The van der Waals surface area contributed by atoms with Crippen LogP contribution in [-0.4, -0.2) is 67.0 Å². The molecule has 6 nitrogen and oxygen atoms in total. The Morgan fingerprint density at radius 1 is 1.28 bits per heavy atom. The minimum Gasteiger partial charge on any atom is -0.357 e. The van der Waals surface area contributed by atoms with E-state index >= 15 is 0 Å². The molecule has 29 heavy (non-hydrogen) atoms. The molecule has 1 aromatic rings. The summed E-state index contributed by atoms with van der Waals surface area (Å²) in [7, 11) is 2.17. The highest BCUT2D eigenvalue weighted by Crippen LogP contribution is 2.13. The van der Waals surface area contributed by atoms with E-state index in [0.29, 0.717) is 6.04 Å². The van der Waals surface area contributed by atoms with Gasteiger partial charge in [0.25, 0.3) is 0 Å². The zero-order valence-electron chi connectivity index (χ0n) is 18.8. The maximum Gasteiger partial charge on any atom is 0.225 e. The molecule has 0 aliphatic carbocycles. The van der Waals surface area contributed by atoms with Crippen molar-refractivity contribution in [2.75, 3.05) is 33.2 Å². The van der Waals surface area contributed by atoms with E-state index in [1.54, 1.807) is 0 Å². The highest BCUT2D eigenvalue weighted by Gasteiger charge is 2.27. The van der Waals surface area contributed by atoms with E-state index in [9.17, 15) is 4.79 Å². The molecule has 0 aromatic heterocycles. The number of likely N-dealkylation sites (tertiary alicyclic amines) is 1. The Balaban J connectivity index is 1.80. The number of aliphatic imine (C=N–C) groups is 1. The van der Waals surface area contributed by atoms with Gasteiger partial charge in [-0.25, -0.2) is 0 Å². The summed E-state index contributed by atoms with van der Waals surface area (Å²) in [6, 6.07) is 11.3. The third kappa shape index (κ3) is 7.69. The van der Waals surface area contributed by atoms with E-state index in [4.69, 9.17) is 4.99 Å². The topological polar surface area (TPSA) is 60.0 Å². The van der Waals surface area contributed by atoms with Gasteiger partial charge >= 0.3 is 0 Å². The summed E-state index contributed by atoms with van der Waals surface area (Å²) in [6.07, 6.45) is 1.97. The van der Waals surface area contributed by atoms with Crippen molar-refractivity contribution in [2.24, 2.45) is 10.9 Å². The number of hydrogen-bond acceptors (Lipinski definition) is 3. The molecule has 1 fully saturated rings. The van der Waals surface area contributed by atoms with Crippen molar-refractivity contribution in [3.63, 3.8) is 0 Å². The highest BCUT2D eigenvalue weighted by atomic mass is 16.2. The molecule has 2 atom stereocenters. The fourth-order valence-electron chi connectivity index (χ4n) is 3.57. The fraction of sp³-hybridized carbons (Fsp3) is 0.652. The SMILES string of the molecule is CCNC(=NCCC(C)N(C)Cc1ccccc1)NC1CCN(C(=O)C(C)C)C1. The molecule has 1 aromatic carbocycles. The van der Waals surface area contributed by atoms with Gasteiger partial charge in [-0.05, 0) is 39.3 Å². The van der Waals surface area contributed by atoms with Crippen molar-refractivity contribution < 1.29 is 4.79 Å². The summed E-state index contributed by atoms with van der Waals surface area (Å²) in [5, 5.41) is 6.86. The van der Waals surface area contributed by atoms with E-state index in [0.717, 1.165) is 51.5 Å². The Morgan fingerprint density at radius 2 is 2.00 bits per heavy atom. The second-order valence-corrected chi connectivity index (χ2v) is 8.37. The van der Waals surface area contributed by atoms with Crippen LogP contribution in [0.1, 0.15) is 46.1 Å². The Kier molecular flexibility index (Phi) is 9.45. The number of carbonyl (C=O) groups is 1. The number of amides is 1. The van der Waals surface area contributed by atoms with Crippen molar-refractivity contribution in [3.05, 3.63) is 35.9 Å². The van der Waals surface area contributed by atoms with Crippen molar-refractivity contribution in [2.45, 2.75) is 59.2 Å². The third-order valence-corrected chi connectivity index (χ3v) is 5.52. The lowest BCUT2D eigenvalue weighted by Gasteiger charge is -2.24. The summed E-state index contributed by atoms with van der Waals surface area (Å²) in [5.74, 6) is 1.16. The van der Waals surface area contributed by atoms with Crippen LogP contribution in [0.2, 0.25) is 0 Å². The van der Waals surface area contributed by atoms with Gasteiger partial charge in [0.2, 0.25) is 5.91 Å². The molecule has 6 heteroatoms. The van der Waals surface area contributed by atoms with Crippen LogP contribution in [0.25, 0.3) is 0 Å². The van der Waals surface area contributed by atoms with Crippen LogP contribution in [0.4, 0.5) is 0 Å². The normalized spacial score (nSPS) is 18.4. The van der Waals surface area contributed by atoms with Crippen LogP contribution in [0, 0.1) is 5.92 Å². The number of carbonyl (C=O) groups excluding carboxylic acids is 1. The molecule has 2 unspecified atom stereocenters. The lowest BCUT2D eigenvalue weighted by Crippen LogP contribution is -2.45. The van der Waals surface area contributed by atoms with Gasteiger partial charge in [-0.2, -0.15) is 0 Å². The molecule has 2 rings (SSSR count). The van der Waals surface area contributed by atoms with Gasteiger partial charge in [0, 0.05) is 50.7 Å². The second kappa shape index (κ2) is 11.8. The molecule has 1 amide bonds.